The van der Waals surface area contributed by atoms with E-state index in [0.29, 0.717) is 11.8 Å². The molecule has 0 N–H and O–H groups in total. The molecule has 0 aliphatic carbocycles. The lowest BCUT2D eigenvalue weighted by Crippen LogP contribution is -2.15. The molecule has 2 aromatic rings. The van der Waals surface area contributed by atoms with E-state index in [9.17, 15) is 0 Å². The third kappa shape index (κ3) is 3.01. The van der Waals surface area contributed by atoms with Crippen molar-refractivity contribution in [1.29, 1.82) is 0 Å². The van der Waals surface area contributed by atoms with Gasteiger partial charge in [-0.2, -0.15) is 4.58 Å². The molecule has 24 heavy (non-hydrogen) atoms. The fourth-order valence-electron chi connectivity index (χ4n) is 3.59. The Hall–Kier alpha value is -2.36. The molecule has 4 rings (SSSR count). The zero-order valence-corrected chi connectivity index (χ0v) is 14.3. The maximum atomic E-state index is 4.62. The van der Waals surface area contributed by atoms with Gasteiger partial charge in [0.2, 0.25) is 5.69 Å². The zero-order chi connectivity index (χ0) is 16.5. The van der Waals surface area contributed by atoms with Crippen LogP contribution in [-0.4, -0.2) is 33.5 Å². The van der Waals surface area contributed by atoms with Gasteiger partial charge in [0.15, 0.2) is 18.6 Å². The summed E-state index contributed by atoms with van der Waals surface area (Å²) in [7, 11) is 0. The lowest BCUT2D eigenvalue weighted by atomic mass is 10.00. The molecule has 0 aromatic carbocycles. The summed E-state index contributed by atoms with van der Waals surface area (Å²) < 4.78 is 2.30. The lowest BCUT2D eigenvalue weighted by Gasteiger charge is -2.10. The number of rotatable bonds is 1. The molecule has 4 heterocycles. The van der Waals surface area contributed by atoms with Crippen molar-refractivity contribution in [3.63, 3.8) is 0 Å². The smallest absolute Gasteiger partial charge is 0.224 e. The predicted octanol–water partition coefficient (Wildman–Crippen LogP) is 3.72. The first-order valence-corrected chi connectivity index (χ1v) is 8.76. The maximum Gasteiger partial charge on any atom is 0.224 e. The maximum absolute atomic E-state index is 4.62. The number of nitrogens with zero attached hydrogens (tertiary/aromatic N) is 4. The highest BCUT2D eigenvalue weighted by Gasteiger charge is 2.23. The molecule has 0 saturated carbocycles. The fraction of sp³-hybridized carbons (Fsp3) is 0.400. The van der Waals surface area contributed by atoms with Crippen molar-refractivity contribution in [3.05, 3.63) is 47.4 Å². The minimum absolute atomic E-state index is 0.572. The van der Waals surface area contributed by atoms with E-state index in [1.54, 1.807) is 0 Å². The summed E-state index contributed by atoms with van der Waals surface area (Å²) in [6.45, 7) is 5.55. The summed E-state index contributed by atoms with van der Waals surface area (Å²) in [4.78, 5) is 13.7. The van der Waals surface area contributed by atoms with Gasteiger partial charge in [-0.3, -0.25) is 4.98 Å². The number of fused-ring (bicyclic) bond motifs is 2. The van der Waals surface area contributed by atoms with Crippen molar-refractivity contribution in [2.75, 3.05) is 6.54 Å². The minimum Gasteiger partial charge on any atom is -0.250 e. The fourth-order valence-corrected chi connectivity index (χ4v) is 3.59. The Bertz CT molecular complexity index is 822. The molecule has 4 heteroatoms. The van der Waals surface area contributed by atoms with Crippen LogP contribution in [0, 0.1) is 11.8 Å². The van der Waals surface area contributed by atoms with Crippen LogP contribution in [0.1, 0.15) is 37.1 Å². The molecule has 2 aliphatic rings. The van der Waals surface area contributed by atoms with Crippen molar-refractivity contribution in [1.82, 2.24) is 9.97 Å². The summed E-state index contributed by atoms with van der Waals surface area (Å²) in [6, 6.07) is 6.47. The molecular formula is C20H23N4+. The second kappa shape index (κ2) is 6.27. The molecular weight excluding hydrogens is 296 g/mol. The van der Waals surface area contributed by atoms with Gasteiger partial charge < -0.3 is 0 Å². The van der Waals surface area contributed by atoms with Crippen LogP contribution in [0.15, 0.2) is 35.6 Å². The van der Waals surface area contributed by atoms with Crippen LogP contribution in [0.5, 0.6) is 0 Å². The molecule has 2 unspecified atom stereocenters. The van der Waals surface area contributed by atoms with Gasteiger partial charge in [-0.1, -0.05) is 19.9 Å². The number of pyridine rings is 2. The molecule has 2 aromatic heterocycles. The average Bonchev–Trinajstić information content (AvgIpc) is 2.85. The third-order valence-corrected chi connectivity index (χ3v) is 4.83. The Morgan fingerprint density at radius 3 is 2.88 bits per heavy atom. The number of hydrogen-bond donors (Lipinski definition) is 0. The molecule has 0 spiro atoms. The van der Waals surface area contributed by atoms with E-state index in [0.717, 1.165) is 43.0 Å². The molecule has 2 aliphatic heterocycles. The molecule has 4 nitrogen and oxygen atoms in total. The standard InChI is InChI=1S/C20H23N4/c1-14-5-7-22-20-17(8-14)10-18(11-23-20)24-12-15(2)9-16-4-3-6-21-19(16)13-24/h3-4,6-7,10-11,13-15H,5,8-9,12H2,1-2H3/q+1. The van der Waals surface area contributed by atoms with Gasteiger partial charge in [0.05, 0.1) is 0 Å². The Kier molecular flexibility index (Phi) is 3.97. The summed E-state index contributed by atoms with van der Waals surface area (Å²) in [5.74, 6) is 2.06. The zero-order valence-electron chi connectivity index (χ0n) is 14.3. The van der Waals surface area contributed by atoms with Crippen molar-refractivity contribution in [2.45, 2.75) is 33.1 Å². The first-order chi connectivity index (χ1) is 11.7. The molecule has 122 valence electrons. The van der Waals surface area contributed by atoms with Crippen LogP contribution in [0.25, 0.3) is 0 Å². The van der Waals surface area contributed by atoms with Crippen molar-refractivity contribution in [3.8, 4) is 0 Å². The van der Waals surface area contributed by atoms with E-state index in [1.165, 1.54) is 11.1 Å². The van der Waals surface area contributed by atoms with E-state index in [-0.39, 0.29) is 0 Å². The highest BCUT2D eigenvalue weighted by molar-refractivity contribution is 5.76. The van der Waals surface area contributed by atoms with Gasteiger partial charge in [-0.15, -0.1) is 0 Å². The molecule has 0 radical (unpaired) electrons. The minimum atomic E-state index is 0.572. The Balaban J connectivity index is 1.76. The van der Waals surface area contributed by atoms with Gasteiger partial charge in [0.1, 0.15) is 11.9 Å². The van der Waals surface area contributed by atoms with E-state index in [1.807, 2.05) is 24.7 Å². The molecule has 0 amide bonds. The van der Waals surface area contributed by atoms with E-state index in [2.05, 4.69) is 51.7 Å². The van der Waals surface area contributed by atoms with Gasteiger partial charge in [0, 0.05) is 30.0 Å². The van der Waals surface area contributed by atoms with Crippen LogP contribution < -0.4 is 0 Å². The van der Waals surface area contributed by atoms with E-state index >= 15 is 0 Å². The van der Waals surface area contributed by atoms with E-state index < -0.39 is 0 Å². The average molecular weight is 319 g/mol. The van der Waals surface area contributed by atoms with Crippen molar-refractivity contribution < 1.29 is 4.58 Å². The SMILES string of the molecule is CC1CC=Nc2ncc([N+]3=Cc4ncccc4CC(C)C3)cc2C1. The van der Waals surface area contributed by atoms with Crippen LogP contribution >= 0.6 is 0 Å². The summed E-state index contributed by atoms with van der Waals surface area (Å²) in [5.41, 5.74) is 4.79. The number of aromatic nitrogens is 2. The van der Waals surface area contributed by atoms with Crippen LogP contribution in [0.4, 0.5) is 11.5 Å². The second-order valence-electron chi connectivity index (χ2n) is 7.17. The van der Waals surface area contributed by atoms with Crippen molar-refractivity contribution in [2.24, 2.45) is 16.8 Å². The third-order valence-electron chi connectivity index (χ3n) is 4.83. The summed E-state index contributed by atoms with van der Waals surface area (Å²) >= 11 is 0. The predicted molar refractivity (Wildman–Crippen MR) is 96.9 cm³/mol. The van der Waals surface area contributed by atoms with Crippen LogP contribution in [-0.2, 0) is 12.8 Å². The topological polar surface area (TPSA) is 41.1 Å². The monoisotopic (exact) mass is 319 g/mol. The van der Waals surface area contributed by atoms with Crippen LogP contribution in [0.3, 0.4) is 0 Å². The quantitative estimate of drug-likeness (QED) is 0.752. The molecule has 2 atom stereocenters. The van der Waals surface area contributed by atoms with E-state index in [4.69, 9.17) is 0 Å². The summed E-state index contributed by atoms with van der Waals surface area (Å²) in [5, 5.41) is 0. The summed E-state index contributed by atoms with van der Waals surface area (Å²) in [6.07, 6.45) is 11.1. The highest BCUT2D eigenvalue weighted by Crippen LogP contribution is 2.28. The Labute approximate surface area is 143 Å². The Morgan fingerprint density at radius 1 is 1.08 bits per heavy atom. The number of aliphatic imine (C=N–C) groups is 1. The molecule has 0 bridgehead atoms. The lowest BCUT2D eigenvalue weighted by molar-refractivity contribution is -0.443. The first kappa shape index (κ1) is 15.2. The first-order valence-electron chi connectivity index (χ1n) is 8.76. The molecule has 0 fully saturated rings. The normalized spacial score (nSPS) is 22.8. The molecule has 0 saturated heterocycles. The second-order valence-corrected chi connectivity index (χ2v) is 7.17. The number of hydrogen-bond acceptors (Lipinski definition) is 3. The largest absolute Gasteiger partial charge is 0.250 e. The van der Waals surface area contributed by atoms with Crippen molar-refractivity contribution >= 4 is 23.9 Å². The highest BCUT2D eigenvalue weighted by atomic mass is 15.0. The Morgan fingerprint density at radius 2 is 1.96 bits per heavy atom. The van der Waals surface area contributed by atoms with Gasteiger partial charge in [-0.05, 0) is 36.8 Å². The van der Waals surface area contributed by atoms with Gasteiger partial charge in [0.25, 0.3) is 0 Å². The van der Waals surface area contributed by atoms with Crippen LogP contribution in [0.2, 0.25) is 0 Å². The van der Waals surface area contributed by atoms with Gasteiger partial charge in [-0.25, -0.2) is 9.98 Å². The van der Waals surface area contributed by atoms with Gasteiger partial charge >= 0.3 is 0 Å².